The Morgan fingerprint density at radius 2 is 2.00 bits per heavy atom. The highest BCUT2D eigenvalue weighted by atomic mass is 32.2. The molecule has 2 aromatic rings. The second-order valence-electron chi connectivity index (χ2n) is 6.40. The first-order chi connectivity index (χ1) is 11.8. The summed E-state index contributed by atoms with van der Waals surface area (Å²) in [4.78, 5) is 0.260. The zero-order valence-electron chi connectivity index (χ0n) is 14.9. The molecule has 1 atom stereocenters. The van der Waals surface area contributed by atoms with E-state index in [0.717, 1.165) is 17.5 Å². The van der Waals surface area contributed by atoms with Gasteiger partial charge >= 0.3 is 0 Å². The van der Waals surface area contributed by atoms with Gasteiger partial charge in [0, 0.05) is 18.1 Å². The van der Waals surface area contributed by atoms with Crippen molar-refractivity contribution >= 4 is 15.7 Å². The van der Waals surface area contributed by atoms with E-state index in [1.54, 1.807) is 25.1 Å². The van der Waals surface area contributed by atoms with Crippen LogP contribution in [0.3, 0.4) is 0 Å². The van der Waals surface area contributed by atoms with Crippen molar-refractivity contribution in [3.05, 3.63) is 47.0 Å². The molecule has 0 spiro atoms. The van der Waals surface area contributed by atoms with Gasteiger partial charge in [-0.3, -0.25) is 4.72 Å². The lowest BCUT2D eigenvalue weighted by molar-refractivity contribution is 0.254. The summed E-state index contributed by atoms with van der Waals surface area (Å²) in [6.45, 7) is 8.03. The number of hydrogen-bond acceptors (Lipinski definition) is 4. The van der Waals surface area contributed by atoms with Crippen molar-refractivity contribution in [2.75, 3.05) is 11.3 Å². The summed E-state index contributed by atoms with van der Waals surface area (Å²) in [5.41, 5.74) is 3.16. The van der Waals surface area contributed by atoms with Gasteiger partial charge in [0.1, 0.15) is 17.6 Å². The van der Waals surface area contributed by atoms with E-state index >= 15 is 0 Å². The highest BCUT2D eigenvalue weighted by molar-refractivity contribution is 7.92. The summed E-state index contributed by atoms with van der Waals surface area (Å²) in [5, 5.41) is 0. The molecule has 1 unspecified atom stereocenters. The van der Waals surface area contributed by atoms with Gasteiger partial charge in [-0.1, -0.05) is 17.7 Å². The van der Waals surface area contributed by atoms with E-state index in [2.05, 4.69) is 4.72 Å². The first kappa shape index (κ1) is 17.6. The molecule has 0 fully saturated rings. The molecule has 1 N–H and O–H groups in total. The number of aryl methyl sites for hydroxylation is 2. The van der Waals surface area contributed by atoms with Crippen molar-refractivity contribution in [1.29, 1.82) is 0 Å². The molecule has 2 aromatic carbocycles. The fourth-order valence-electron chi connectivity index (χ4n) is 3.09. The Balaban J connectivity index is 2.00. The van der Waals surface area contributed by atoms with Crippen LogP contribution in [0.15, 0.2) is 35.2 Å². The average Bonchev–Trinajstić information content (AvgIpc) is 2.86. The Labute approximate surface area is 149 Å². The zero-order chi connectivity index (χ0) is 18.2. The van der Waals surface area contributed by atoms with Gasteiger partial charge in [0.2, 0.25) is 0 Å². The minimum atomic E-state index is -3.72. The second-order valence-corrected chi connectivity index (χ2v) is 8.05. The minimum absolute atomic E-state index is 0.0793. The first-order valence-corrected chi connectivity index (χ1v) is 9.85. The summed E-state index contributed by atoms with van der Waals surface area (Å²) in [6, 6.07) is 8.84. The standard InChI is InChI=1S/C19H23NO4S/c1-5-23-18-10-15-9-14(4)24-17(15)11-16(18)20-25(21,22)19-7-6-12(2)8-13(19)3/h6-8,10-11,14,20H,5,9H2,1-4H3. The molecule has 1 aliphatic rings. The van der Waals surface area contributed by atoms with Crippen LogP contribution in [0.4, 0.5) is 5.69 Å². The van der Waals surface area contributed by atoms with Crippen molar-refractivity contribution < 1.29 is 17.9 Å². The molecule has 0 saturated heterocycles. The zero-order valence-corrected chi connectivity index (χ0v) is 15.7. The molecule has 0 amide bonds. The second kappa shape index (κ2) is 6.59. The fourth-order valence-corrected chi connectivity index (χ4v) is 4.38. The monoisotopic (exact) mass is 361 g/mol. The van der Waals surface area contributed by atoms with Crippen molar-refractivity contribution in [1.82, 2.24) is 0 Å². The molecule has 134 valence electrons. The van der Waals surface area contributed by atoms with Gasteiger partial charge in [-0.25, -0.2) is 8.42 Å². The number of anilines is 1. The lowest BCUT2D eigenvalue weighted by Crippen LogP contribution is -2.15. The maximum atomic E-state index is 12.8. The third-order valence-electron chi connectivity index (χ3n) is 4.16. The predicted octanol–water partition coefficient (Wildman–Crippen LogP) is 3.83. The van der Waals surface area contributed by atoms with Crippen LogP contribution in [0.2, 0.25) is 0 Å². The summed E-state index contributed by atoms with van der Waals surface area (Å²) in [5.74, 6) is 1.22. The molecular formula is C19H23NO4S. The maximum Gasteiger partial charge on any atom is 0.262 e. The van der Waals surface area contributed by atoms with Crippen LogP contribution in [0.5, 0.6) is 11.5 Å². The van der Waals surface area contributed by atoms with Crippen molar-refractivity contribution in [3.63, 3.8) is 0 Å². The Hall–Kier alpha value is -2.21. The van der Waals surface area contributed by atoms with E-state index in [1.807, 2.05) is 32.9 Å². The number of hydrogen-bond donors (Lipinski definition) is 1. The van der Waals surface area contributed by atoms with E-state index in [0.29, 0.717) is 29.4 Å². The van der Waals surface area contributed by atoms with Crippen LogP contribution in [0, 0.1) is 13.8 Å². The Kier molecular flexibility index (Phi) is 4.64. The molecule has 0 aliphatic carbocycles. The minimum Gasteiger partial charge on any atom is -0.492 e. The van der Waals surface area contributed by atoms with E-state index in [-0.39, 0.29) is 11.0 Å². The third kappa shape index (κ3) is 3.58. The van der Waals surface area contributed by atoms with Gasteiger partial charge in [0.05, 0.1) is 17.2 Å². The largest absolute Gasteiger partial charge is 0.492 e. The van der Waals surface area contributed by atoms with Crippen LogP contribution in [-0.2, 0) is 16.4 Å². The number of fused-ring (bicyclic) bond motifs is 1. The van der Waals surface area contributed by atoms with Crippen LogP contribution in [0.25, 0.3) is 0 Å². The Bertz CT molecular complexity index is 906. The number of ether oxygens (including phenoxy) is 2. The van der Waals surface area contributed by atoms with E-state index < -0.39 is 10.0 Å². The SMILES string of the molecule is CCOc1cc2c(cc1NS(=O)(=O)c1ccc(C)cc1C)OC(C)C2. The molecule has 25 heavy (non-hydrogen) atoms. The molecule has 1 aliphatic heterocycles. The lowest BCUT2D eigenvalue weighted by Gasteiger charge is -2.15. The maximum absolute atomic E-state index is 12.8. The lowest BCUT2D eigenvalue weighted by atomic mass is 10.1. The molecule has 3 rings (SSSR count). The van der Waals surface area contributed by atoms with Gasteiger partial charge in [-0.05, 0) is 45.4 Å². The molecule has 5 nitrogen and oxygen atoms in total. The first-order valence-electron chi connectivity index (χ1n) is 8.36. The smallest absolute Gasteiger partial charge is 0.262 e. The van der Waals surface area contributed by atoms with Gasteiger partial charge in [-0.2, -0.15) is 0 Å². The van der Waals surface area contributed by atoms with Gasteiger partial charge in [0.15, 0.2) is 0 Å². The third-order valence-corrected chi connectivity index (χ3v) is 5.69. The van der Waals surface area contributed by atoms with Crippen LogP contribution in [0.1, 0.15) is 30.5 Å². The highest BCUT2D eigenvalue weighted by Gasteiger charge is 2.25. The number of benzene rings is 2. The predicted molar refractivity (Wildman–Crippen MR) is 98.1 cm³/mol. The molecular weight excluding hydrogens is 338 g/mol. The normalized spacial score (nSPS) is 16.2. The van der Waals surface area contributed by atoms with E-state index in [1.165, 1.54) is 0 Å². The Morgan fingerprint density at radius 3 is 2.68 bits per heavy atom. The van der Waals surface area contributed by atoms with E-state index in [4.69, 9.17) is 9.47 Å². The number of sulfonamides is 1. The van der Waals surface area contributed by atoms with Crippen LogP contribution >= 0.6 is 0 Å². The molecule has 1 heterocycles. The average molecular weight is 361 g/mol. The highest BCUT2D eigenvalue weighted by Crippen LogP contribution is 2.39. The van der Waals surface area contributed by atoms with Crippen molar-refractivity contribution in [3.8, 4) is 11.5 Å². The van der Waals surface area contributed by atoms with Crippen molar-refractivity contribution in [2.45, 2.75) is 45.1 Å². The van der Waals surface area contributed by atoms with E-state index in [9.17, 15) is 8.42 Å². The summed E-state index contributed by atoms with van der Waals surface area (Å²) in [7, 11) is -3.72. The molecule has 0 aromatic heterocycles. The van der Waals surface area contributed by atoms with Crippen LogP contribution < -0.4 is 14.2 Å². The quantitative estimate of drug-likeness (QED) is 0.879. The van der Waals surface area contributed by atoms with Gasteiger partial charge in [0.25, 0.3) is 10.0 Å². The summed E-state index contributed by atoms with van der Waals surface area (Å²) < 4.78 is 39.8. The van der Waals surface area contributed by atoms with Crippen molar-refractivity contribution in [2.24, 2.45) is 0 Å². The molecule has 0 radical (unpaired) electrons. The number of rotatable bonds is 5. The molecule has 0 bridgehead atoms. The summed E-state index contributed by atoms with van der Waals surface area (Å²) >= 11 is 0. The van der Waals surface area contributed by atoms with Crippen LogP contribution in [-0.4, -0.2) is 21.1 Å². The topological polar surface area (TPSA) is 64.6 Å². The summed E-state index contributed by atoms with van der Waals surface area (Å²) in [6.07, 6.45) is 0.871. The number of nitrogens with one attached hydrogen (secondary N) is 1. The fraction of sp³-hybridized carbons (Fsp3) is 0.368. The van der Waals surface area contributed by atoms with Gasteiger partial charge < -0.3 is 9.47 Å². The Morgan fingerprint density at radius 1 is 1.24 bits per heavy atom. The molecule has 0 saturated carbocycles. The van der Waals surface area contributed by atoms with Gasteiger partial charge in [-0.15, -0.1) is 0 Å². The molecule has 6 heteroatoms.